The largest absolute Gasteiger partial charge is 0.508 e. The number of β-amino-alcohol motifs (C(OH)–C–C–N with tert-alkyl or cyclic N) is 1. The van der Waals surface area contributed by atoms with Gasteiger partial charge in [-0.3, -0.25) is 4.90 Å². The molecule has 16 heteroatoms. The first-order chi connectivity index (χ1) is 25.3. The number of rotatable bonds is 14. The van der Waals surface area contributed by atoms with Crippen molar-refractivity contribution in [2.24, 2.45) is 29.6 Å². The maximum Gasteiger partial charge on any atom is 0.508 e. The quantitative estimate of drug-likeness (QED) is 0.0869. The number of aliphatic hydroxyl groups is 5. The van der Waals surface area contributed by atoms with Crippen molar-refractivity contribution in [3.8, 4) is 0 Å². The number of carbonyl (C=O) groups excluding carboxylic acids is 3. The van der Waals surface area contributed by atoms with Crippen LogP contribution in [0.3, 0.4) is 0 Å². The van der Waals surface area contributed by atoms with E-state index in [1.165, 1.54) is 12.0 Å². The highest BCUT2D eigenvalue weighted by molar-refractivity contribution is 5.87. The number of nitrogens with one attached hydrogen (secondary N) is 1. The van der Waals surface area contributed by atoms with E-state index in [1.807, 2.05) is 39.0 Å². The minimum absolute atomic E-state index is 0.0161. The lowest BCUT2D eigenvalue weighted by atomic mass is 9.57. The van der Waals surface area contributed by atoms with Crippen LogP contribution in [0.2, 0.25) is 0 Å². The van der Waals surface area contributed by atoms with E-state index in [-0.39, 0.29) is 44.3 Å². The molecule has 0 aromatic carbocycles. The molecule has 5 rings (SSSR count). The molecule has 2 fully saturated rings. The highest BCUT2D eigenvalue weighted by atomic mass is 16.7. The zero-order valence-electron chi connectivity index (χ0n) is 30.8. The highest BCUT2D eigenvalue weighted by Crippen LogP contribution is 2.61. The molecule has 1 aromatic heterocycles. The molecule has 3 heterocycles. The molecule has 1 saturated heterocycles. The molecule has 4 aliphatic rings. The Balaban J connectivity index is 1.37. The fourth-order valence-electron chi connectivity index (χ4n) is 8.78. The van der Waals surface area contributed by atoms with Gasteiger partial charge in [-0.2, -0.15) is 0 Å². The van der Waals surface area contributed by atoms with Gasteiger partial charge < -0.3 is 58.9 Å². The van der Waals surface area contributed by atoms with Crippen LogP contribution >= 0.6 is 0 Å². The number of aromatic amines is 1. The molecule has 0 radical (unpaired) electrons. The van der Waals surface area contributed by atoms with Crippen molar-refractivity contribution < 1.29 is 68.3 Å². The molecule has 1 unspecified atom stereocenters. The van der Waals surface area contributed by atoms with Gasteiger partial charge in [0.1, 0.15) is 42.3 Å². The maximum absolute atomic E-state index is 13.7. The number of ether oxygens (including phenoxy) is 6. The summed E-state index contributed by atoms with van der Waals surface area (Å²) < 4.78 is 35.5. The fourth-order valence-corrected chi connectivity index (χ4v) is 8.78. The van der Waals surface area contributed by atoms with Crippen LogP contribution in [0.15, 0.2) is 42.1 Å². The third-order valence-electron chi connectivity index (χ3n) is 11.7. The summed E-state index contributed by atoms with van der Waals surface area (Å²) in [5.41, 5.74) is -1.47. The van der Waals surface area contributed by atoms with Gasteiger partial charge in [0.15, 0.2) is 6.10 Å². The lowest BCUT2D eigenvalue weighted by molar-refractivity contribution is -0.173. The van der Waals surface area contributed by atoms with Gasteiger partial charge in [-0.15, -0.1) is 0 Å². The molecular formula is C37H54N2O14. The fraction of sp³-hybridized carbons (Fsp3) is 0.703. The number of carbonyl (C=O) groups is 3. The van der Waals surface area contributed by atoms with E-state index in [9.17, 15) is 39.9 Å². The first-order valence-electron chi connectivity index (χ1n) is 18.1. The molecule has 2 aliphatic heterocycles. The Kier molecular flexibility index (Phi) is 13.1. The number of hydrogen-bond acceptors (Lipinski definition) is 15. The van der Waals surface area contributed by atoms with Crippen molar-refractivity contribution in [3.05, 3.63) is 47.8 Å². The van der Waals surface area contributed by atoms with Gasteiger partial charge in [-0.1, -0.05) is 32.1 Å². The SMILES string of the molecule is CO[C@H]1CC2C=C[C@H]3[C@H]4O[C@]2(/C(C)=C/[C@@H](C)[C@@H]([C@@H](C)OC(=O)OCCN(CCO)C(CO)(CO)CO)OC1=O)[C@@H]3[C@H](O)[C@@H](C)[C@H]4OC(=O)c1ccc[nH]1. The molecule has 6 N–H and O–H groups in total. The summed E-state index contributed by atoms with van der Waals surface area (Å²) in [6.45, 7) is 4.64. The number of aliphatic hydroxyl groups excluding tert-OH is 5. The summed E-state index contributed by atoms with van der Waals surface area (Å²) in [5.74, 6) is -3.37. The van der Waals surface area contributed by atoms with E-state index in [0.29, 0.717) is 0 Å². The predicted octanol–water partition coefficient (Wildman–Crippen LogP) is 0.571. The van der Waals surface area contributed by atoms with Crippen LogP contribution in [0, 0.1) is 29.6 Å². The van der Waals surface area contributed by atoms with E-state index in [1.54, 1.807) is 25.3 Å². The van der Waals surface area contributed by atoms with E-state index in [4.69, 9.17) is 28.4 Å². The third kappa shape index (κ3) is 7.65. The Bertz CT molecular complexity index is 1470. The van der Waals surface area contributed by atoms with Crippen LogP contribution in [0.4, 0.5) is 4.79 Å². The van der Waals surface area contributed by atoms with Gasteiger partial charge in [-0.25, -0.2) is 14.4 Å². The molecule has 12 atom stereocenters. The number of methoxy groups -OCH3 is 1. The van der Waals surface area contributed by atoms with Crippen molar-refractivity contribution >= 4 is 18.1 Å². The van der Waals surface area contributed by atoms with Gasteiger partial charge in [0.2, 0.25) is 0 Å². The third-order valence-corrected chi connectivity index (χ3v) is 11.7. The Morgan fingerprint density at radius 2 is 1.85 bits per heavy atom. The topological polar surface area (TPSA) is 227 Å². The zero-order valence-corrected chi connectivity index (χ0v) is 30.8. The van der Waals surface area contributed by atoms with E-state index in [2.05, 4.69) is 4.98 Å². The number of hydrogen-bond donors (Lipinski definition) is 6. The number of aromatic nitrogens is 1. The Labute approximate surface area is 308 Å². The van der Waals surface area contributed by atoms with Crippen LogP contribution in [0.5, 0.6) is 0 Å². The summed E-state index contributed by atoms with van der Waals surface area (Å²) in [5, 5.41) is 50.8. The van der Waals surface area contributed by atoms with Gasteiger partial charge in [0, 0.05) is 56.0 Å². The summed E-state index contributed by atoms with van der Waals surface area (Å²) in [6, 6.07) is 3.31. The van der Waals surface area contributed by atoms with Gasteiger partial charge in [0.05, 0.1) is 38.1 Å². The minimum atomic E-state index is -1.44. The molecule has 1 aromatic rings. The molecule has 53 heavy (non-hydrogen) atoms. The summed E-state index contributed by atoms with van der Waals surface area (Å²) in [4.78, 5) is 43.9. The molecule has 1 saturated carbocycles. The molecule has 2 aliphatic carbocycles. The molecular weight excluding hydrogens is 696 g/mol. The summed E-state index contributed by atoms with van der Waals surface area (Å²) in [6.07, 6.45) is 1.27. The van der Waals surface area contributed by atoms with Crippen LogP contribution in [0.25, 0.3) is 0 Å². The number of H-pyrrole nitrogens is 1. The molecule has 4 bridgehead atoms. The van der Waals surface area contributed by atoms with Gasteiger partial charge in [0.25, 0.3) is 0 Å². The molecule has 0 amide bonds. The Hall–Kier alpha value is -3.35. The number of esters is 2. The second-order valence-electron chi connectivity index (χ2n) is 14.7. The van der Waals surface area contributed by atoms with Crippen molar-refractivity contribution in [1.82, 2.24) is 9.88 Å². The summed E-state index contributed by atoms with van der Waals surface area (Å²) >= 11 is 0. The van der Waals surface area contributed by atoms with Crippen molar-refractivity contribution in [3.63, 3.8) is 0 Å². The second kappa shape index (κ2) is 17.0. The van der Waals surface area contributed by atoms with E-state index < -0.39 is 109 Å². The second-order valence-corrected chi connectivity index (χ2v) is 14.7. The molecule has 296 valence electrons. The van der Waals surface area contributed by atoms with Crippen LogP contribution in [-0.4, -0.2) is 155 Å². The monoisotopic (exact) mass is 750 g/mol. The van der Waals surface area contributed by atoms with Gasteiger partial charge >= 0.3 is 18.1 Å². The Morgan fingerprint density at radius 3 is 2.47 bits per heavy atom. The van der Waals surface area contributed by atoms with Crippen molar-refractivity contribution in [2.75, 3.05) is 53.2 Å². The lowest BCUT2D eigenvalue weighted by Crippen LogP contribution is -2.58. The normalized spacial score (nSPS) is 35.5. The number of nitrogens with zero attached hydrogens (tertiary/aromatic N) is 1. The first-order valence-corrected chi connectivity index (χ1v) is 18.1. The summed E-state index contributed by atoms with van der Waals surface area (Å²) in [7, 11) is 1.40. The van der Waals surface area contributed by atoms with Crippen LogP contribution < -0.4 is 0 Å². The standard InChI is InChI=1S/C37H54N2O14/c1-20-15-21(2)37-24(8-9-25-28(37)29(44)22(3)31(32(25)53-37)52-33(45)26-7-6-10-38-26)16-27(48-5)34(46)51-30(20)23(4)50-35(47)49-14-12-39(11-13-40)36(17-41,18-42)19-43/h6-10,15,20,22-25,27-32,38,40-44H,11-14,16-19H2,1-5H3/b21-15+/t20-,22-,23-,24?,25-,27+,28+,29-,30+,31-,32-,37+/m1/s1. The predicted molar refractivity (Wildman–Crippen MR) is 185 cm³/mol. The minimum Gasteiger partial charge on any atom is -0.456 e. The number of cyclic esters (lactones) is 1. The zero-order chi connectivity index (χ0) is 38.7. The average Bonchev–Trinajstić information content (AvgIpc) is 3.75. The van der Waals surface area contributed by atoms with E-state index >= 15 is 0 Å². The first kappa shape index (κ1) is 40.8. The molecule has 1 spiro atoms. The average molecular weight is 751 g/mol. The maximum atomic E-state index is 13.7. The molecule has 16 nitrogen and oxygen atoms in total. The van der Waals surface area contributed by atoms with E-state index in [0.717, 1.165) is 5.57 Å². The van der Waals surface area contributed by atoms with Crippen LogP contribution in [-0.2, 0) is 33.2 Å². The smallest absolute Gasteiger partial charge is 0.456 e. The lowest BCUT2D eigenvalue weighted by Gasteiger charge is -2.48. The highest BCUT2D eigenvalue weighted by Gasteiger charge is 2.69. The van der Waals surface area contributed by atoms with Crippen LogP contribution in [0.1, 0.15) is 44.6 Å². The Morgan fingerprint density at radius 1 is 1.13 bits per heavy atom. The van der Waals surface area contributed by atoms with Gasteiger partial charge in [-0.05, 0) is 38.0 Å². The van der Waals surface area contributed by atoms with Crippen molar-refractivity contribution in [2.45, 2.75) is 81.9 Å². The van der Waals surface area contributed by atoms with Crippen molar-refractivity contribution in [1.29, 1.82) is 0 Å².